The van der Waals surface area contributed by atoms with Gasteiger partial charge in [-0.05, 0) is 19.8 Å². The minimum Gasteiger partial charge on any atom is -0.403 e. The van der Waals surface area contributed by atoms with Crippen LogP contribution in [0.1, 0.15) is 31.5 Å². The van der Waals surface area contributed by atoms with Crippen molar-refractivity contribution < 1.29 is 0 Å². The molecule has 18 heavy (non-hydrogen) atoms. The molecule has 5 heteroatoms. The van der Waals surface area contributed by atoms with Crippen molar-refractivity contribution in [2.24, 2.45) is 5.73 Å². The van der Waals surface area contributed by atoms with Gasteiger partial charge in [-0.2, -0.15) is 0 Å². The standard InChI is InChI=1S/C13H25N5/c1-13-16-8-12-17(13)9-5-3-4-6-10-18(15-2)11-7-14/h7-8,11-12,15H,3-6,9-10,14H2,1-2H3/b11-7-. The molecule has 0 saturated carbocycles. The number of aromatic nitrogens is 2. The molecule has 0 radical (unpaired) electrons. The second kappa shape index (κ2) is 8.58. The Balaban J connectivity index is 2.03. The van der Waals surface area contributed by atoms with Crippen molar-refractivity contribution in [1.82, 2.24) is 20.0 Å². The molecule has 1 aromatic rings. The average molecular weight is 251 g/mol. The van der Waals surface area contributed by atoms with Gasteiger partial charge in [0, 0.05) is 44.9 Å². The molecule has 102 valence electrons. The highest BCUT2D eigenvalue weighted by atomic mass is 15.5. The number of rotatable bonds is 9. The van der Waals surface area contributed by atoms with Gasteiger partial charge in [-0.15, -0.1) is 0 Å². The number of hydrogen-bond acceptors (Lipinski definition) is 4. The summed E-state index contributed by atoms with van der Waals surface area (Å²) in [6.07, 6.45) is 12.2. The van der Waals surface area contributed by atoms with Crippen LogP contribution in [0, 0.1) is 6.92 Å². The van der Waals surface area contributed by atoms with E-state index in [2.05, 4.69) is 15.0 Å². The second-order valence-corrected chi connectivity index (χ2v) is 4.34. The number of nitrogens with one attached hydrogen (secondary N) is 1. The fraction of sp³-hybridized carbons (Fsp3) is 0.615. The summed E-state index contributed by atoms with van der Waals surface area (Å²) in [5, 5.41) is 2.00. The topological polar surface area (TPSA) is 59.1 Å². The Labute approximate surface area is 110 Å². The summed E-state index contributed by atoms with van der Waals surface area (Å²) in [5.74, 6) is 1.10. The molecule has 5 nitrogen and oxygen atoms in total. The number of unbranched alkanes of at least 4 members (excludes halogenated alkanes) is 3. The molecule has 0 aliphatic carbocycles. The van der Waals surface area contributed by atoms with Gasteiger partial charge in [0.15, 0.2) is 0 Å². The molecule has 1 rings (SSSR count). The molecule has 0 amide bonds. The van der Waals surface area contributed by atoms with Crippen LogP contribution in [0.15, 0.2) is 24.8 Å². The van der Waals surface area contributed by atoms with Crippen LogP contribution in [-0.2, 0) is 6.54 Å². The molecule has 0 saturated heterocycles. The first kappa shape index (κ1) is 14.6. The molecule has 0 spiro atoms. The second-order valence-electron chi connectivity index (χ2n) is 4.34. The van der Waals surface area contributed by atoms with Crippen LogP contribution in [0.3, 0.4) is 0 Å². The summed E-state index contributed by atoms with van der Waals surface area (Å²) in [6.45, 7) is 4.11. The number of hydrogen-bond donors (Lipinski definition) is 2. The lowest BCUT2D eigenvalue weighted by Crippen LogP contribution is -2.30. The molecule has 0 fully saturated rings. The molecule has 0 unspecified atom stereocenters. The lowest BCUT2D eigenvalue weighted by Gasteiger charge is -2.18. The lowest BCUT2D eigenvalue weighted by molar-refractivity contribution is 0.289. The van der Waals surface area contributed by atoms with Crippen molar-refractivity contribution in [2.75, 3.05) is 13.6 Å². The molecule has 0 aliphatic rings. The maximum absolute atomic E-state index is 5.35. The molecule has 0 aliphatic heterocycles. The van der Waals surface area contributed by atoms with E-state index >= 15 is 0 Å². The normalized spacial score (nSPS) is 11.2. The largest absolute Gasteiger partial charge is 0.403 e. The number of imidazole rings is 1. The minimum atomic E-state index is 0.994. The smallest absolute Gasteiger partial charge is 0.105 e. The van der Waals surface area contributed by atoms with E-state index in [1.165, 1.54) is 25.7 Å². The first-order chi connectivity index (χ1) is 8.77. The molecule has 3 N–H and O–H groups in total. The van der Waals surface area contributed by atoms with E-state index in [4.69, 9.17) is 5.73 Å². The van der Waals surface area contributed by atoms with E-state index in [1.54, 1.807) is 6.20 Å². The zero-order chi connectivity index (χ0) is 13.2. The summed E-state index contributed by atoms with van der Waals surface area (Å²) in [4.78, 5) is 4.22. The highest BCUT2D eigenvalue weighted by Crippen LogP contribution is 2.04. The van der Waals surface area contributed by atoms with E-state index in [1.807, 2.05) is 37.6 Å². The van der Waals surface area contributed by atoms with Crippen LogP contribution in [0.4, 0.5) is 0 Å². The number of aryl methyl sites for hydroxylation is 2. The molecule has 1 heterocycles. The van der Waals surface area contributed by atoms with E-state index in [0.717, 1.165) is 18.9 Å². The Morgan fingerprint density at radius 2 is 2.17 bits per heavy atom. The Morgan fingerprint density at radius 1 is 1.39 bits per heavy atom. The SMILES string of the molecule is CNN(/C=C\N)CCCCCCn1ccnc1C. The zero-order valence-corrected chi connectivity index (χ0v) is 11.5. The minimum absolute atomic E-state index is 0.994. The van der Waals surface area contributed by atoms with Gasteiger partial charge in [-0.3, -0.25) is 0 Å². The summed E-state index contributed by atoms with van der Waals surface area (Å²) < 4.78 is 2.21. The maximum atomic E-state index is 5.35. The molecule has 0 bridgehead atoms. The van der Waals surface area contributed by atoms with Gasteiger partial charge >= 0.3 is 0 Å². The van der Waals surface area contributed by atoms with E-state index in [-0.39, 0.29) is 0 Å². The van der Waals surface area contributed by atoms with Crippen molar-refractivity contribution in [2.45, 2.75) is 39.2 Å². The van der Waals surface area contributed by atoms with Crippen molar-refractivity contribution in [1.29, 1.82) is 0 Å². The average Bonchev–Trinajstić information content (AvgIpc) is 2.78. The number of hydrazine groups is 1. The summed E-state index contributed by atoms with van der Waals surface area (Å²) in [7, 11) is 1.90. The van der Waals surface area contributed by atoms with Crippen LogP contribution in [0.25, 0.3) is 0 Å². The Kier molecular flexibility index (Phi) is 6.94. The number of nitrogens with two attached hydrogens (primary N) is 1. The van der Waals surface area contributed by atoms with Gasteiger partial charge in [-0.1, -0.05) is 12.8 Å². The van der Waals surface area contributed by atoms with Crippen LogP contribution in [0.5, 0.6) is 0 Å². The Morgan fingerprint density at radius 3 is 2.78 bits per heavy atom. The molecular formula is C13H25N5. The molecular weight excluding hydrogens is 226 g/mol. The van der Waals surface area contributed by atoms with Gasteiger partial charge < -0.3 is 15.3 Å². The van der Waals surface area contributed by atoms with Gasteiger partial charge in [0.05, 0.1) is 0 Å². The van der Waals surface area contributed by atoms with Gasteiger partial charge in [-0.25, -0.2) is 10.4 Å². The molecule has 0 aromatic carbocycles. The predicted molar refractivity (Wildman–Crippen MR) is 74.5 cm³/mol. The van der Waals surface area contributed by atoms with E-state index in [9.17, 15) is 0 Å². The maximum Gasteiger partial charge on any atom is 0.105 e. The van der Waals surface area contributed by atoms with Gasteiger partial charge in [0.2, 0.25) is 0 Å². The van der Waals surface area contributed by atoms with Crippen molar-refractivity contribution in [3.63, 3.8) is 0 Å². The third kappa shape index (κ3) is 5.23. The Hall–Kier alpha value is -1.49. The monoisotopic (exact) mass is 251 g/mol. The van der Waals surface area contributed by atoms with E-state index in [0.29, 0.717) is 0 Å². The third-order valence-corrected chi connectivity index (χ3v) is 3.02. The highest BCUT2D eigenvalue weighted by molar-refractivity contribution is 4.87. The van der Waals surface area contributed by atoms with Gasteiger partial charge in [0.25, 0.3) is 0 Å². The summed E-state index contributed by atoms with van der Waals surface area (Å²) in [6, 6.07) is 0. The number of nitrogens with zero attached hydrogens (tertiary/aromatic N) is 3. The predicted octanol–water partition coefficient (Wildman–Crippen LogP) is 1.62. The van der Waals surface area contributed by atoms with Crippen LogP contribution >= 0.6 is 0 Å². The van der Waals surface area contributed by atoms with Gasteiger partial charge in [0.1, 0.15) is 5.82 Å². The lowest BCUT2D eigenvalue weighted by atomic mass is 10.2. The first-order valence-corrected chi connectivity index (χ1v) is 6.58. The summed E-state index contributed by atoms with van der Waals surface area (Å²) in [5.41, 5.74) is 8.43. The van der Waals surface area contributed by atoms with Crippen molar-refractivity contribution in [3.8, 4) is 0 Å². The zero-order valence-electron chi connectivity index (χ0n) is 11.5. The van der Waals surface area contributed by atoms with Crippen LogP contribution in [-0.4, -0.2) is 28.2 Å². The Bertz CT molecular complexity index is 345. The van der Waals surface area contributed by atoms with Crippen LogP contribution in [0.2, 0.25) is 0 Å². The molecule has 1 aromatic heterocycles. The van der Waals surface area contributed by atoms with Crippen molar-refractivity contribution >= 4 is 0 Å². The fourth-order valence-electron chi connectivity index (χ4n) is 1.92. The quantitative estimate of drug-likeness (QED) is 0.517. The van der Waals surface area contributed by atoms with Crippen LogP contribution < -0.4 is 11.2 Å². The first-order valence-electron chi connectivity index (χ1n) is 6.58. The highest BCUT2D eigenvalue weighted by Gasteiger charge is 1.98. The van der Waals surface area contributed by atoms with Crippen molar-refractivity contribution in [3.05, 3.63) is 30.6 Å². The molecule has 0 atom stereocenters. The fourth-order valence-corrected chi connectivity index (χ4v) is 1.92. The summed E-state index contributed by atoms with van der Waals surface area (Å²) >= 11 is 0. The van der Waals surface area contributed by atoms with E-state index < -0.39 is 0 Å². The third-order valence-electron chi connectivity index (χ3n) is 3.02.